The number of aromatic nitrogens is 1. The van der Waals surface area contributed by atoms with Gasteiger partial charge in [0.25, 0.3) is 0 Å². The molecule has 20 heavy (non-hydrogen) atoms. The molecule has 5 heteroatoms. The van der Waals surface area contributed by atoms with Gasteiger partial charge in [-0.25, -0.2) is 9.18 Å². The van der Waals surface area contributed by atoms with Gasteiger partial charge in [0.2, 0.25) is 0 Å². The number of pyridine rings is 1. The number of rotatable bonds is 4. The fourth-order valence-electron chi connectivity index (χ4n) is 2.38. The molecular weight excluding hydrogens is 261 g/mol. The highest BCUT2D eigenvalue weighted by molar-refractivity contribution is 5.92. The van der Waals surface area contributed by atoms with Crippen LogP contribution >= 0.6 is 0 Å². The van der Waals surface area contributed by atoms with E-state index in [1.54, 1.807) is 0 Å². The summed E-state index contributed by atoms with van der Waals surface area (Å²) in [6, 6.07) is 3.85. The van der Waals surface area contributed by atoms with E-state index >= 15 is 0 Å². The standard InChI is InChI=1S/C15H16FNO3/c1-3-4-7-17-12-8-10(16)5-6-11(12)14(18)9(2)13(17)15(19)20/h5-6,8H,3-4,7H2,1-2H3,(H,19,20). The first-order valence-electron chi connectivity index (χ1n) is 6.53. The Hall–Kier alpha value is -2.17. The molecule has 0 saturated heterocycles. The molecule has 0 unspecified atom stereocenters. The summed E-state index contributed by atoms with van der Waals surface area (Å²) in [7, 11) is 0. The zero-order valence-electron chi connectivity index (χ0n) is 11.4. The third-order valence-corrected chi connectivity index (χ3v) is 3.40. The number of hydrogen-bond acceptors (Lipinski definition) is 2. The maximum Gasteiger partial charge on any atom is 0.352 e. The fraction of sp³-hybridized carbons (Fsp3) is 0.333. The number of unbranched alkanes of at least 4 members (excludes halogenated alkanes) is 1. The molecule has 106 valence electrons. The fourth-order valence-corrected chi connectivity index (χ4v) is 2.38. The van der Waals surface area contributed by atoms with Crippen molar-refractivity contribution in [3.8, 4) is 0 Å². The van der Waals surface area contributed by atoms with E-state index in [2.05, 4.69) is 0 Å². The molecule has 0 atom stereocenters. The molecule has 0 aliphatic rings. The summed E-state index contributed by atoms with van der Waals surface area (Å²) in [5, 5.41) is 9.70. The average Bonchev–Trinajstić information content (AvgIpc) is 2.40. The molecule has 0 bridgehead atoms. The number of halogens is 1. The molecule has 1 aromatic carbocycles. The van der Waals surface area contributed by atoms with Crippen LogP contribution in [-0.2, 0) is 6.54 Å². The van der Waals surface area contributed by atoms with Crippen LogP contribution < -0.4 is 5.43 Å². The second-order valence-electron chi connectivity index (χ2n) is 4.77. The van der Waals surface area contributed by atoms with Crippen LogP contribution in [0.25, 0.3) is 10.9 Å². The summed E-state index contributed by atoms with van der Waals surface area (Å²) < 4.78 is 15.0. The Labute approximate surface area is 115 Å². The van der Waals surface area contributed by atoms with E-state index in [4.69, 9.17) is 0 Å². The number of nitrogens with zero attached hydrogens (tertiary/aromatic N) is 1. The quantitative estimate of drug-likeness (QED) is 0.934. The summed E-state index contributed by atoms with van der Waals surface area (Å²) in [5.41, 5.74) is 0.117. The number of carboxylic acid groups (broad SMARTS) is 1. The van der Waals surface area contributed by atoms with Gasteiger partial charge in [0.15, 0.2) is 5.43 Å². The van der Waals surface area contributed by atoms with Gasteiger partial charge in [0.05, 0.1) is 5.52 Å². The van der Waals surface area contributed by atoms with Crippen LogP contribution in [0.5, 0.6) is 0 Å². The Balaban J connectivity index is 2.90. The predicted molar refractivity (Wildman–Crippen MR) is 74.8 cm³/mol. The Kier molecular flexibility index (Phi) is 3.88. The van der Waals surface area contributed by atoms with Crippen molar-refractivity contribution in [3.63, 3.8) is 0 Å². The molecule has 1 aromatic heterocycles. The van der Waals surface area contributed by atoms with Crippen molar-refractivity contribution in [2.75, 3.05) is 0 Å². The number of aromatic carboxylic acids is 1. The van der Waals surface area contributed by atoms with E-state index in [-0.39, 0.29) is 16.7 Å². The minimum atomic E-state index is -1.16. The van der Waals surface area contributed by atoms with Crippen LogP contribution in [0.2, 0.25) is 0 Å². The van der Waals surface area contributed by atoms with Crippen LogP contribution in [0.15, 0.2) is 23.0 Å². The number of benzene rings is 1. The normalized spacial score (nSPS) is 10.9. The molecule has 1 N–H and O–H groups in total. The first kappa shape index (κ1) is 14.2. The molecule has 0 fully saturated rings. The Morgan fingerprint density at radius 2 is 2.10 bits per heavy atom. The molecule has 2 aromatic rings. The lowest BCUT2D eigenvalue weighted by atomic mass is 10.1. The smallest absolute Gasteiger partial charge is 0.352 e. The monoisotopic (exact) mass is 277 g/mol. The van der Waals surface area contributed by atoms with Gasteiger partial charge in [0, 0.05) is 17.5 Å². The summed E-state index contributed by atoms with van der Waals surface area (Å²) in [5.74, 6) is -1.65. The molecule has 0 aliphatic carbocycles. The van der Waals surface area contributed by atoms with Gasteiger partial charge in [-0.2, -0.15) is 0 Å². The average molecular weight is 277 g/mol. The number of fused-ring (bicyclic) bond motifs is 1. The number of carbonyl (C=O) groups is 1. The maximum atomic E-state index is 13.4. The molecule has 0 spiro atoms. The number of carboxylic acids is 1. The molecule has 0 aliphatic heterocycles. The summed E-state index contributed by atoms with van der Waals surface area (Å²) in [6.07, 6.45) is 1.63. The highest BCUT2D eigenvalue weighted by Gasteiger charge is 2.19. The number of hydrogen-bond donors (Lipinski definition) is 1. The summed E-state index contributed by atoms with van der Waals surface area (Å²) >= 11 is 0. The van der Waals surface area contributed by atoms with Crippen molar-refractivity contribution in [3.05, 3.63) is 45.5 Å². The van der Waals surface area contributed by atoms with Crippen molar-refractivity contribution in [2.45, 2.75) is 33.2 Å². The van der Waals surface area contributed by atoms with Crippen molar-refractivity contribution in [1.82, 2.24) is 4.57 Å². The third kappa shape index (κ3) is 2.31. The molecule has 2 rings (SSSR count). The Morgan fingerprint density at radius 3 is 2.70 bits per heavy atom. The lowest BCUT2D eigenvalue weighted by Gasteiger charge is -2.16. The topological polar surface area (TPSA) is 59.3 Å². The molecule has 0 amide bonds. The summed E-state index contributed by atoms with van der Waals surface area (Å²) in [6.45, 7) is 3.93. The minimum Gasteiger partial charge on any atom is -0.477 e. The zero-order valence-corrected chi connectivity index (χ0v) is 11.4. The largest absolute Gasteiger partial charge is 0.477 e. The lowest BCUT2D eigenvalue weighted by Crippen LogP contribution is -2.22. The van der Waals surface area contributed by atoms with E-state index in [0.717, 1.165) is 12.8 Å². The van der Waals surface area contributed by atoms with Crippen molar-refractivity contribution >= 4 is 16.9 Å². The van der Waals surface area contributed by atoms with E-state index in [0.29, 0.717) is 17.4 Å². The first-order valence-corrected chi connectivity index (χ1v) is 6.53. The number of aryl methyl sites for hydroxylation is 1. The van der Waals surface area contributed by atoms with Gasteiger partial charge in [0.1, 0.15) is 11.5 Å². The molecule has 0 radical (unpaired) electrons. The summed E-state index contributed by atoms with van der Waals surface area (Å²) in [4.78, 5) is 23.6. The Morgan fingerprint density at radius 1 is 1.40 bits per heavy atom. The maximum absolute atomic E-state index is 13.4. The molecule has 4 nitrogen and oxygen atoms in total. The third-order valence-electron chi connectivity index (χ3n) is 3.40. The molecule has 0 saturated carbocycles. The van der Waals surface area contributed by atoms with Crippen LogP contribution in [0.4, 0.5) is 4.39 Å². The van der Waals surface area contributed by atoms with Gasteiger partial charge in [-0.15, -0.1) is 0 Å². The van der Waals surface area contributed by atoms with Crippen LogP contribution in [0, 0.1) is 12.7 Å². The second kappa shape index (κ2) is 5.45. The van der Waals surface area contributed by atoms with Crippen molar-refractivity contribution in [1.29, 1.82) is 0 Å². The lowest BCUT2D eigenvalue weighted by molar-refractivity contribution is 0.0683. The Bertz CT molecular complexity index is 734. The van der Waals surface area contributed by atoms with E-state index < -0.39 is 11.8 Å². The van der Waals surface area contributed by atoms with Crippen LogP contribution in [0.3, 0.4) is 0 Å². The molecular formula is C15H16FNO3. The zero-order chi connectivity index (χ0) is 14.9. The SMILES string of the molecule is CCCCn1c(C(=O)O)c(C)c(=O)c2ccc(F)cc21. The first-order chi connectivity index (χ1) is 9.47. The van der Waals surface area contributed by atoms with Crippen molar-refractivity contribution < 1.29 is 14.3 Å². The van der Waals surface area contributed by atoms with Crippen LogP contribution in [0.1, 0.15) is 35.8 Å². The second-order valence-corrected chi connectivity index (χ2v) is 4.77. The van der Waals surface area contributed by atoms with E-state index in [1.165, 1.54) is 29.7 Å². The highest BCUT2D eigenvalue weighted by atomic mass is 19.1. The highest BCUT2D eigenvalue weighted by Crippen LogP contribution is 2.18. The predicted octanol–water partition coefficient (Wildman–Crippen LogP) is 2.95. The van der Waals surface area contributed by atoms with Gasteiger partial charge >= 0.3 is 5.97 Å². The van der Waals surface area contributed by atoms with Gasteiger partial charge in [-0.1, -0.05) is 13.3 Å². The van der Waals surface area contributed by atoms with E-state index in [9.17, 15) is 19.1 Å². The van der Waals surface area contributed by atoms with E-state index in [1.807, 2.05) is 6.92 Å². The van der Waals surface area contributed by atoms with Gasteiger partial charge in [-0.05, 0) is 31.5 Å². The van der Waals surface area contributed by atoms with Gasteiger partial charge in [-0.3, -0.25) is 4.79 Å². The van der Waals surface area contributed by atoms with Crippen molar-refractivity contribution in [2.24, 2.45) is 0 Å². The van der Waals surface area contributed by atoms with Crippen LogP contribution in [-0.4, -0.2) is 15.6 Å². The molecule has 1 heterocycles. The minimum absolute atomic E-state index is 0.0541. The van der Waals surface area contributed by atoms with Gasteiger partial charge < -0.3 is 9.67 Å².